The Morgan fingerprint density at radius 1 is 1.57 bits per heavy atom. The normalized spacial score (nSPS) is 13.7. The number of nitrogens with zero attached hydrogens (tertiary/aromatic N) is 3. The first-order valence-electron chi connectivity index (χ1n) is 6.93. The van der Waals surface area contributed by atoms with E-state index in [1.54, 1.807) is 13.8 Å². The molecular weight excluding hydrogens is 272 g/mol. The molecule has 2 atom stereocenters. The summed E-state index contributed by atoms with van der Waals surface area (Å²) in [7, 11) is 0. The van der Waals surface area contributed by atoms with E-state index >= 15 is 0 Å². The molecule has 0 radical (unpaired) electrons. The van der Waals surface area contributed by atoms with E-state index in [9.17, 15) is 15.2 Å². The molecular formula is C14H22N4O3. The summed E-state index contributed by atoms with van der Waals surface area (Å²) in [5, 5.41) is 28.3. The van der Waals surface area contributed by atoms with Crippen LogP contribution >= 0.6 is 0 Å². The molecule has 0 aromatic carbocycles. The first-order valence-corrected chi connectivity index (χ1v) is 6.93. The number of hydrogen-bond donors (Lipinski definition) is 2. The minimum atomic E-state index is -0.686. The molecule has 0 fully saturated rings. The minimum Gasteiger partial charge on any atom is -0.390 e. The third-order valence-corrected chi connectivity index (χ3v) is 3.41. The van der Waals surface area contributed by atoms with Gasteiger partial charge in [0.1, 0.15) is 11.4 Å². The summed E-state index contributed by atoms with van der Waals surface area (Å²) in [6.07, 6.45) is 6.07. The quantitative estimate of drug-likeness (QED) is 0.426. The fourth-order valence-corrected chi connectivity index (χ4v) is 2.20. The smallest absolute Gasteiger partial charge is 0.312 e. The summed E-state index contributed by atoms with van der Waals surface area (Å²) in [5.41, 5.74) is 0.817. The SMILES string of the molecule is C#CCC(CC)NCC(O)Cn1nc(C)c([N+](=O)[O-])c1C. The van der Waals surface area contributed by atoms with Crippen LogP contribution in [0, 0.1) is 36.3 Å². The van der Waals surface area contributed by atoms with Gasteiger partial charge >= 0.3 is 5.69 Å². The summed E-state index contributed by atoms with van der Waals surface area (Å²) in [6, 6.07) is 0.166. The number of nitrogens with one attached hydrogen (secondary N) is 1. The molecule has 1 heterocycles. The van der Waals surface area contributed by atoms with Crippen molar-refractivity contribution >= 4 is 5.69 Å². The van der Waals surface area contributed by atoms with Crippen LogP contribution < -0.4 is 5.32 Å². The average molecular weight is 294 g/mol. The summed E-state index contributed by atoms with van der Waals surface area (Å²) in [5.74, 6) is 2.59. The van der Waals surface area contributed by atoms with Crippen LogP contribution in [0.5, 0.6) is 0 Å². The number of terminal acetylenes is 1. The van der Waals surface area contributed by atoms with Crippen LogP contribution in [-0.2, 0) is 6.54 Å². The Hall–Kier alpha value is -1.91. The average Bonchev–Trinajstić information content (AvgIpc) is 2.69. The molecule has 2 unspecified atom stereocenters. The molecule has 0 aliphatic heterocycles. The van der Waals surface area contributed by atoms with E-state index in [0.29, 0.717) is 24.4 Å². The Labute approximate surface area is 124 Å². The highest BCUT2D eigenvalue weighted by Crippen LogP contribution is 2.21. The molecule has 1 aromatic heterocycles. The monoisotopic (exact) mass is 294 g/mol. The molecule has 2 N–H and O–H groups in total. The van der Waals surface area contributed by atoms with Crippen molar-refractivity contribution in [2.24, 2.45) is 0 Å². The molecule has 0 aliphatic carbocycles. The largest absolute Gasteiger partial charge is 0.390 e. The van der Waals surface area contributed by atoms with Gasteiger partial charge in [-0.3, -0.25) is 14.8 Å². The van der Waals surface area contributed by atoms with Crippen LogP contribution in [0.3, 0.4) is 0 Å². The summed E-state index contributed by atoms with van der Waals surface area (Å²) >= 11 is 0. The second kappa shape index (κ2) is 7.76. The number of nitro groups is 1. The molecule has 0 saturated carbocycles. The molecule has 0 bridgehead atoms. The summed E-state index contributed by atoms with van der Waals surface area (Å²) in [4.78, 5) is 10.5. The molecule has 1 rings (SSSR count). The van der Waals surface area contributed by atoms with Gasteiger partial charge in [0.05, 0.1) is 17.6 Å². The van der Waals surface area contributed by atoms with Gasteiger partial charge in [-0.1, -0.05) is 6.92 Å². The second-order valence-electron chi connectivity index (χ2n) is 5.03. The Kier molecular flexibility index (Phi) is 6.34. The standard InChI is InChI=1S/C14H22N4O3/c1-5-7-12(6-2)15-8-13(19)9-17-11(4)14(18(20)21)10(3)16-17/h1,12-13,15,19H,6-9H2,2-4H3. The highest BCUT2D eigenvalue weighted by molar-refractivity contribution is 5.39. The maximum atomic E-state index is 10.9. The van der Waals surface area contributed by atoms with Gasteiger partial charge in [0, 0.05) is 19.0 Å². The van der Waals surface area contributed by atoms with Crippen LogP contribution in [0.4, 0.5) is 5.69 Å². The van der Waals surface area contributed by atoms with Crippen molar-refractivity contribution in [1.82, 2.24) is 15.1 Å². The van der Waals surface area contributed by atoms with E-state index in [2.05, 4.69) is 16.3 Å². The van der Waals surface area contributed by atoms with Gasteiger partial charge in [0.25, 0.3) is 0 Å². The molecule has 21 heavy (non-hydrogen) atoms. The van der Waals surface area contributed by atoms with E-state index in [0.717, 1.165) is 6.42 Å². The molecule has 7 heteroatoms. The number of aliphatic hydroxyl groups excluding tert-OH is 1. The van der Waals surface area contributed by atoms with Gasteiger partial charge in [-0.05, 0) is 20.3 Å². The maximum absolute atomic E-state index is 10.9. The van der Waals surface area contributed by atoms with Crippen LogP contribution in [0.2, 0.25) is 0 Å². The van der Waals surface area contributed by atoms with Gasteiger partial charge < -0.3 is 10.4 Å². The fourth-order valence-electron chi connectivity index (χ4n) is 2.20. The Morgan fingerprint density at radius 3 is 2.71 bits per heavy atom. The lowest BCUT2D eigenvalue weighted by Crippen LogP contribution is -2.37. The number of aryl methyl sites for hydroxylation is 1. The zero-order valence-electron chi connectivity index (χ0n) is 12.7. The summed E-state index contributed by atoms with van der Waals surface area (Å²) < 4.78 is 1.47. The van der Waals surface area contributed by atoms with Gasteiger partial charge in [-0.15, -0.1) is 12.3 Å². The van der Waals surface area contributed by atoms with E-state index in [-0.39, 0.29) is 18.3 Å². The van der Waals surface area contributed by atoms with Gasteiger partial charge in [0.15, 0.2) is 0 Å². The van der Waals surface area contributed by atoms with E-state index in [1.807, 2.05) is 6.92 Å². The van der Waals surface area contributed by atoms with Crippen LogP contribution in [0.15, 0.2) is 0 Å². The lowest BCUT2D eigenvalue weighted by Gasteiger charge is -2.18. The van der Waals surface area contributed by atoms with Crippen molar-refractivity contribution in [3.63, 3.8) is 0 Å². The van der Waals surface area contributed by atoms with E-state index in [1.165, 1.54) is 4.68 Å². The van der Waals surface area contributed by atoms with E-state index in [4.69, 9.17) is 6.42 Å². The molecule has 0 saturated heterocycles. The van der Waals surface area contributed by atoms with Gasteiger partial charge in [-0.2, -0.15) is 5.10 Å². The van der Waals surface area contributed by atoms with E-state index < -0.39 is 11.0 Å². The number of aromatic nitrogens is 2. The van der Waals surface area contributed by atoms with Crippen molar-refractivity contribution in [2.75, 3.05) is 6.54 Å². The first kappa shape index (κ1) is 17.1. The number of rotatable bonds is 8. The highest BCUT2D eigenvalue weighted by atomic mass is 16.6. The fraction of sp³-hybridized carbons (Fsp3) is 0.643. The third kappa shape index (κ3) is 4.55. The van der Waals surface area contributed by atoms with Crippen molar-refractivity contribution < 1.29 is 10.0 Å². The maximum Gasteiger partial charge on any atom is 0.312 e. The Bertz CT molecular complexity index is 533. The summed E-state index contributed by atoms with van der Waals surface area (Å²) in [6.45, 7) is 5.82. The molecule has 0 amide bonds. The third-order valence-electron chi connectivity index (χ3n) is 3.41. The zero-order valence-corrected chi connectivity index (χ0v) is 12.7. The lowest BCUT2D eigenvalue weighted by molar-refractivity contribution is -0.386. The van der Waals surface area contributed by atoms with Crippen molar-refractivity contribution in [1.29, 1.82) is 0 Å². The van der Waals surface area contributed by atoms with Crippen molar-refractivity contribution in [2.45, 2.75) is 52.3 Å². The highest BCUT2D eigenvalue weighted by Gasteiger charge is 2.22. The zero-order chi connectivity index (χ0) is 16.0. The molecule has 0 spiro atoms. The van der Waals surface area contributed by atoms with Crippen LogP contribution in [-0.4, -0.2) is 38.5 Å². The predicted octanol–water partition coefficient (Wildman–Crippen LogP) is 1.16. The number of hydrogen-bond acceptors (Lipinski definition) is 5. The predicted molar refractivity (Wildman–Crippen MR) is 79.9 cm³/mol. The van der Waals surface area contributed by atoms with Gasteiger partial charge in [0.2, 0.25) is 0 Å². The molecule has 116 valence electrons. The molecule has 1 aromatic rings. The Morgan fingerprint density at radius 2 is 2.24 bits per heavy atom. The molecule has 7 nitrogen and oxygen atoms in total. The van der Waals surface area contributed by atoms with Crippen LogP contribution in [0.25, 0.3) is 0 Å². The topological polar surface area (TPSA) is 93.2 Å². The first-order chi connectivity index (χ1) is 9.90. The minimum absolute atomic E-state index is 0.00826. The number of aliphatic hydroxyl groups is 1. The van der Waals surface area contributed by atoms with Gasteiger partial charge in [-0.25, -0.2) is 0 Å². The van der Waals surface area contributed by atoms with Crippen molar-refractivity contribution in [3.8, 4) is 12.3 Å². The van der Waals surface area contributed by atoms with Crippen molar-refractivity contribution in [3.05, 3.63) is 21.5 Å². The molecule has 0 aliphatic rings. The lowest BCUT2D eigenvalue weighted by atomic mass is 10.1. The Balaban J connectivity index is 2.63. The second-order valence-corrected chi connectivity index (χ2v) is 5.03. The van der Waals surface area contributed by atoms with Crippen LogP contribution in [0.1, 0.15) is 31.2 Å².